The van der Waals surface area contributed by atoms with Gasteiger partial charge < -0.3 is 14.8 Å². The number of benzene rings is 3. The van der Waals surface area contributed by atoms with Gasteiger partial charge in [-0.2, -0.15) is 0 Å². The zero-order chi connectivity index (χ0) is 22.3. The third-order valence-corrected chi connectivity index (χ3v) is 7.52. The third kappa shape index (κ3) is 3.56. The molecule has 7 nitrogen and oxygen atoms in total. The third-order valence-electron chi connectivity index (χ3n) is 5.60. The normalized spacial score (nSPS) is 17.0. The van der Waals surface area contributed by atoms with E-state index in [9.17, 15) is 13.2 Å². The summed E-state index contributed by atoms with van der Waals surface area (Å²) in [5.41, 5.74) is 2.47. The molecule has 164 valence electrons. The van der Waals surface area contributed by atoms with Crippen LogP contribution in [0.5, 0.6) is 11.5 Å². The lowest BCUT2D eigenvalue weighted by Crippen LogP contribution is -2.35. The number of nitrogens with zero attached hydrogens (tertiary/aromatic N) is 1. The van der Waals surface area contributed by atoms with Gasteiger partial charge in [0.1, 0.15) is 13.2 Å². The van der Waals surface area contributed by atoms with Gasteiger partial charge in [-0.25, -0.2) is 8.42 Å². The van der Waals surface area contributed by atoms with E-state index in [-0.39, 0.29) is 16.5 Å². The van der Waals surface area contributed by atoms with Crippen molar-refractivity contribution in [2.24, 2.45) is 0 Å². The van der Waals surface area contributed by atoms with E-state index < -0.39 is 15.9 Å². The first-order valence-corrected chi connectivity index (χ1v) is 11.8. The average Bonchev–Trinajstić information content (AvgIpc) is 3.15. The van der Waals surface area contributed by atoms with Crippen LogP contribution in [0.4, 0.5) is 11.4 Å². The highest BCUT2D eigenvalue weighted by Crippen LogP contribution is 2.37. The minimum absolute atomic E-state index is 0.0795. The highest BCUT2D eigenvalue weighted by molar-refractivity contribution is 7.92. The first kappa shape index (κ1) is 20.4. The van der Waals surface area contributed by atoms with Crippen LogP contribution in [-0.2, 0) is 16.4 Å². The van der Waals surface area contributed by atoms with E-state index in [2.05, 4.69) is 5.32 Å². The van der Waals surface area contributed by atoms with Crippen molar-refractivity contribution >= 4 is 27.3 Å². The second kappa shape index (κ2) is 7.87. The molecule has 1 amide bonds. The number of carbonyl (C=O) groups excluding carboxylic acids is 1. The minimum atomic E-state index is -3.83. The molecule has 3 aromatic carbocycles. The van der Waals surface area contributed by atoms with Crippen molar-refractivity contribution in [1.29, 1.82) is 0 Å². The molecule has 2 aliphatic rings. The second-order valence-corrected chi connectivity index (χ2v) is 9.64. The highest BCUT2D eigenvalue weighted by Gasteiger charge is 2.36. The predicted octanol–water partition coefficient (Wildman–Crippen LogP) is 3.85. The summed E-state index contributed by atoms with van der Waals surface area (Å²) in [6.07, 6.45) is 0.652. The van der Waals surface area contributed by atoms with E-state index in [1.54, 1.807) is 30.3 Å². The van der Waals surface area contributed by atoms with Crippen LogP contribution in [-0.4, -0.2) is 33.6 Å². The highest BCUT2D eigenvalue weighted by atomic mass is 32.2. The Bertz CT molecular complexity index is 1310. The molecule has 2 aliphatic heterocycles. The zero-order valence-electron chi connectivity index (χ0n) is 17.4. The molecule has 0 saturated carbocycles. The van der Waals surface area contributed by atoms with Gasteiger partial charge in [0.15, 0.2) is 11.5 Å². The smallest absolute Gasteiger partial charge is 0.264 e. The Morgan fingerprint density at radius 1 is 0.969 bits per heavy atom. The summed E-state index contributed by atoms with van der Waals surface area (Å²) in [5.74, 6) is 0.781. The maximum Gasteiger partial charge on any atom is 0.264 e. The van der Waals surface area contributed by atoms with Gasteiger partial charge >= 0.3 is 0 Å². The van der Waals surface area contributed by atoms with Crippen molar-refractivity contribution in [2.75, 3.05) is 22.8 Å². The Labute approximate surface area is 186 Å². The topological polar surface area (TPSA) is 84.9 Å². The summed E-state index contributed by atoms with van der Waals surface area (Å²) in [7, 11) is -3.83. The molecule has 1 unspecified atom stereocenters. The monoisotopic (exact) mass is 450 g/mol. The van der Waals surface area contributed by atoms with Crippen LogP contribution < -0.4 is 19.1 Å². The van der Waals surface area contributed by atoms with Crippen molar-refractivity contribution in [3.05, 3.63) is 77.9 Å². The summed E-state index contributed by atoms with van der Waals surface area (Å²) in [5, 5.41) is 2.80. The standard InChI is InChI=1S/C24H22N2O5S/c1-16-13-17-5-2-3-8-21(17)26(16)32(28,29)20-7-4-6-18(14-20)24(27)25-19-9-10-22-23(15-19)31-12-11-30-22/h2-10,14-16H,11-13H2,1H3,(H,25,27). The van der Waals surface area contributed by atoms with Gasteiger partial charge in [0.2, 0.25) is 0 Å². The largest absolute Gasteiger partial charge is 0.486 e. The van der Waals surface area contributed by atoms with E-state index in [1.165, 1.54) is 16.4 Å². The Kier molecular flexibility index (Phi) is 5.01. The number of carbonyl (C=O) groups is 1. The molecule has 3 aromatic rings. The van der Waals surface area contributed by atoms with Gasteiger partial charge in [0, 0.05) is 23.4 Å². The summed E-state index contributed by atoms with van der Waals surface area (Å²) in [6.45, 7) is 2.82. The lowest BCUT2D eigenvalue weighted by atomic mass is 10.1. The molecule has 0 aromatic heterocycles. The van der Waals surface area contributed by atoms with Crippen LogP contribution in [0.25, 0.3) is 0 Å². The zero-order valence-corrected chi connectivity index (χ0v) is 18.3. The van der Waals surface area contributed by atoms with Crippen LogP contribution in [0.3, 0.4) is 0 Å². The maximum atomic E-state index is 13.5. The van der Waals surface area contributed by atoms with Crippen molar-refractivity contribution < 1.29 is 22.7 Å². The number of rotatable bonds is 4. The van der Waals surface area contributed by atoms with Gasteiger partial charge in [-0.1, -0.05) is 24.3 Å². The lowest BCUT2D eigenvalue weighted by Gasteiger charge is -2.24. The van der Waals surface area contributed by atoms with Crippen molar-refractivity contribution in [3.63, 3.8) is 0 Å². The van der Waals surface area contributed by atoms with Crippen LogP contribution >= 0.6 is 0 Å². The van der Waals surface area contributed by atoms with Gasteiger partial charge in [-0.3, -0.25) is 9.10 Å². The Morgan fingerprint density at radius 3 is 2.59 bits per heavy atom. The van der Waals surface area contributed by atoms with Crippen LogP contribution in [0.1, 0.15) is 22.8 Å². The number of hydrogen-bond acceptors (Lipinski definition) is 5. The fourth-order valence-electron chi connectivity index (χ4n) is 4.14. The van der Waals surface area contributed by atoms with E-state index in [0.717, 1.165) is 5.56 Å². The molecule has 32 heavy (non-hydrogen) atoms. The quantitative estimate of drug-likeness (QED) is 0.653. The first-order chi connectivity index (χ1) is 15.4. The van der Waals surface area contributed by atoms with Gasteiger partial charge in [-0.05, 0) is 55.3 Å². The minimum Gasteiger partial charge on any atom is -0.486 e. The Morgan fingerprint density at radius 2 is 1.75 bits per heavy atom. The number of anilines is 2. The first-order valence-electron chi connectivity index (χ1n) is 10.4. The number of amides is 1. The number of nitrogens with one attached hydrogen (secondary N) is 1. The van der Waals surface area contributed by atoms with Crippen LogP contribution in [0.2, 0.25) is 0 Å². The number of para-hydroxylation sites is 1. The van der Waals surface area contributed by atoms with Crippen molar-refractivity contribution in [2.45, 2.75) is 24.3 Å². The molecule has 1 N–H and O–H groups in total. The lowest BCUT2D eigenvalue weighted by molar-refractivity contribution is 0.102. The van der Waals surface area contributed by atoms with E-state index in [0.29, 0.717) is 42.5 Å². The van der Waals surface area contributed by atoms with Gasteiger partial charge in [0.05, 0.1) is 10.6 Å². The van der Waals surface area contributed by atoms with E-state index >= 15 is 0 Å². The van der Waals surface area contributed by atoms with Crippen molar-refractivity contribution in [3.8, 4) is 11.5 Å². The molecule has 0 fully saturated rings. The number of sulfonamides is 1. The van der Waals surface area contributed by atoms with Gasteiger partial charge in [0.25, 0.3) is 15.9 Å². The SMILES string of the molecule is CC1Cc2ccccc2N1S(=O)(=O)c1cccc(C(=O)Nc2ccc3c(c2)OCCO3)c1. The summed E-state index contributed by atoms with van der Waals surface area (Å²) < 4.78 is 39.4. The molecule has 0 bridgehead atoms. The van der Waals surface area contributed by atoms with Crippen LogP contribution in [0.15, 0.2) is 71.6 Å². The fraction of sp³-hybridized carbons (Fsp3) is 0.208. The molecule has 0 aliphatic carbocycles. The van der Waals surface area contributed by atoms with Gasteiger partial charge in [-0.15, -0.1) is 0 Å². The maximum absolute atomic E-state index is 13.5. The fourth-order valence-corrected chi connectivity index (χ4v) is 5.88. The number of fused-ring (bicyclic) bond motifs is 2. The summed E-state index contributed by atoms with van der Waals surface area (Å²) >= 11 is 0. The predicted molar refractivity (Wildman–Crippen MR) is 121 cm³/mol. The number of ether oxygens (including phenoxy) is 2. The van der Waals surface area contributed by atoms with Crippen LogP contribution in [0, 0.1) is 0 Å². The molecule has 0 spiro atoms. The average molecular weight is 451 g/mol. The Hall–Kier alpha value is -3.52. The summed E-state index contributed by atoms with van der Waals surface area (Å²) in [4.78, 5) is 12.9. The molecule has 1 atom stereocenters. The molecular formula is C24H22N2O5S. The van der Waals surface area contributed by atoms with E-state index in [1.807, 2.05) is 31.2 Å². The molecular weight excluding hydrogens is 428 g/mol. The van der Waals surface area contributed by atoms with Crippen molar-refractivity contribution in [1.82, 2.24) is 0 Å². The molecule has 2 heterocycles. The molecule has 5 rings (SSSR count). The molecule has 0 saturated heterocycles. The summed E-state index contributed by atoms with van der Waals surface area (Å²) in [6, 6.07) is 18.5. The molecule has 8 heteroatoms. The number of hydrogen-bond donors (Lipinski definition) is 1. The van der Waals surface area contributed by atoms with E-state index in [4.69, 9.17) is 9.47 Å². The molecule has 0 radical (unpaired) electrons. The Balaban J connectivity index is 1.41. The second-order valence-electron chi connectivity index (χ2n) is 7.82.